The summed E-state index contributed by atoms with van der Waals surface area (Å²) in [6, 6.07) is 10.5. The van der Waals surface area contributed by atoms with Gasteiger partial charge < -0.3 is 20.3 Å². The third-order valence-electron chi connectivity index (χ3n) is 3.75. The van der Waals surface area contributed by atoms with Crippen molar-refractivity contribution in [3.8, 4) is 5.75 Å². The number of methoxy groups -OCH3 is 1. The Hall–Kier alpha value is -2.28. The highest BCUT2D eigenvalue weighted by molar-refractivity contribution is 6.42. The van der Waals surface area contributed by atoms with E-state index in [4.69, 9.17) is 27.9 Å². The first-order chi connectivity index (χ1) is 12.8. The van der Waals surface area contributed by atoms with E-state index in [1.807, 2.05) is 13.1 Å². The number of carbonyl (C=O) groups is 2. The molecule has 0 aliphatic rings. The molecule has 0 spiro atoms. The molecule has 0 fully saturated rings. The van der Waals surface area contributed by atoms with Crippen molar-refractivity contribution in [3.05, 3.63) is 52.0 Å². The predicted octanol–water partition coefficient (Wildman–Crippen LogP) is 2.61. The van der Waals surface area contributed by atoms with E-state index in [0.29, 0.717) is 33.7 Å². The van der Waals surface area contributed by atoms with Gasteiger partial charge in [-0.2, -0.15) is 0 Å². The minimum Gasteiger partial charge on any atom is -0.495 e. The minimum atomic E-state index is -0.191. The summed E-state index contributed by atoms with van der Waals surface area (Å²) in [5, 5.41) is 6.50. The minimum absolute atomic E-state index is 0.175. The first-order valence-electron chi connectivity index (χ1n) is 8.29. The van der Waals surface area contributed by atoms with Gasteiger partial charge in [-0.05, 0) is 30.3 Å². The van der Waals surface area contributed by atoms with Gasteiger partial charge >= 0.3 is 0 Å². The van der Waals surface area contributed by atoms with Crippen molar-refractivity contribution in [2.75, 3.05) is 31.3 Å². The molecule has 144 valence electrons. The lowest BCUT2D eigenvalue weighted by atomic mass is 10.2. The van der Waals surface area contributed by atoms with Crippen molar-refractivity contribution < 1.29 is 19.2 Å². The van der Waals surface area contributed by atoms with Crippen molar-refractivity contribution in [2.24, 2.45) is 0 Å². The number of ether oxygens (including phenoxy) is 1. The number of halogens is 2. The van der Waals surface area contributed by atoms with Gasteiger partial charge in [0.15, 0.2) is 6.54 Å². The first-order valence-corrected chi connectivity index (χ1v) is 9.04. The molecule has 6 nitrogen and oxygen atoms in total. The van der Waals surface area contributed by atoms with E-state index in [2.05, 4.69) is 10.6 Å². The van der Waals surface area contributed by atoms with Gasteiger partial charge in [-0.15, -0.1) is 0 Å². The Morgan fingerprint density at radius 1 is 1.07 bits per heavy atom. The molecule has 2 aromatic carbocycles. The third kappa shape index (κ3) is 6.43. The molecule has 1 atom stereocenters. The fourth-order valence-corrected chi connectivity index (χ4v) is 2.94. The summed E-state index contributed by atoms with van der Waals surface area (Å²) in [4.78, 5) is 24.6. The lowest BCUT2D eigenvalue weighted by Gasteiger charge is -2.16. The van der Waals surface area contributed by atoms with Crippen molar-refractivity contribution >= 4 is 46.4 Å². The van der Waals surface area contributed by atoms with E-state index in [1.54, 1.807) is 30.3 Å². The van der Waals surface area contributed by atoms with Gasteiger partial charge in [-0.3, -0.25) is 9.59 Å². The maximum absolute atomic E-state index is 12.4. The Labute approximate surface area is 168 Å². The van der Waals surface area contributed by atoms with Gasteiger partial charge in [0.2, 0.25) is 5.91 Å². The average Bonchev–Trinajstić information content (AvgIpc) is 2.57. The van der Waals surface area contributed by atoms with Crippen LogP contribution in [0.2, 0.25) is 10.0 Å². The number of quaternary nitrogens is 1. The Morgan fingerprint density at radius 3 is 2.44 bits per heavy atom. The van der Waals surface area contributed by atoms with Gasteiger partial charge in [-0.25, -0.2) is 0 Å². The van der Waals surface area contributed by atoms with E-state index in [0.717, 1.165) is 10.5 Å². The monoisotopic (exact) mass is 410 g/mol. The summed E-state index contributed by atoms with van der Waals surface area (Å²) in [6.45, 7) is 2.28. The average molecular weight is 411 g/mol. The molecule has 0 aromatic heterocycles. The zero-order valence-electron chi connectivity index (χ0n) is 15.4. The lowest BCUT2D eigenvalue weighted by molar-refractivity contribution is -0.885. The maximum Gasteiger partial charge on any atom is 0.279 e. The Morgan fingerprint density at radius 2 is 1.81 bits per heavy atom. The molecule has 3 N–H and O–H groups in total. The highest BCUT2D eigenvalue weighted by Crippen LogP contribution is 2.27. The van der Waals surface area contributed by atoms with Crippen molar-refractivity contribution in [1.82, 2.24) is 0 Å². The molecule has 0 aliphatic heterocycles. The summed E-state index contributed by atoms with van der Waals surface area (Å²) in [5.74, 6) is 0.147. The van der Waals surface area contributed by atoms with E-state index in [9.17, 15) is 9.59 Å². The zero-order chi connectivity index (χ0) is 20.0. The lowest BCUT2D eigenvalue weighted by Crippen LogP contribution is -3.08. The molecule has 0 bridgehead atoms. The van der Waals surface area contributed by atoms with Crippen LogP contribution >= 0.6 is 23.2 Å². The van der Waals surface area contributed by atoms with Crippen LogP contribution in [-0.4, -0.2) is 32.5 Å². The Bertz CT molecular complexity index is 843. The van der Waals surface area contributed by atoms with Gasteiger partial charge in [0, 0.05) is 18.2 Å². The summed E-state index contributed by atoms with van der Waals surface area (Å²) in [7, 11) is 3.43. The fraction of sp³-hybridized carbons (Fsp3) is 0.263. The van der Waals surface area contributed by atoms with E-state index < -0.39 is 0 Å². The molecule has 2 amide bonds. The van der Waals surface area contributed by atoms with E-state index >= 15 is 0 Å². The van der Waals surface area contributed by atoms with Crippen LogP contribution in [0.3, 0.4) is 0 Å². The number of nitrogens with one attached hydrogen (secondary N) is 3. The van der Waals surface area contributed by atoms with Crippen LogP contribution < -0.4 is 20.3 Å². The molecule has 8 heteroatoms. The van der Waals surface area contributed by atoms with Gasteiger partial charge in [0.1, 0.15) is 12.3 Å². The molecule has 2 aromatic rings. The summed E-state index contributed by atoms with van der Waals surface area (Å²) < 4.78 is 5.27. The molecule has 0 heterocycles. The van der Waals surface area contributed by atoms with Crippen LogP contribution in [0, 0.1) is 0 Å². The summed E-state index contributed by atoms with van der Waals surface area (Å²) in [6.07, 6.45) is 0. The number of amides is 2. The Kier molecular flexibility index (Phi) is 7.47. The number of anilines is 2. The molecular weight excluding hydrogens is 389 g/mol. The molecule has 0 aliphatic carbocycles. The SMILES string of the molecule is COc1ccc(NC(C)=O)cc1NC(=O)C[NH+](C)Cc1ccc(Cl)c(Cl)c1. The van der Waals surface area contributed by atoms with Crippen LogP contribution in [0.25, 0.3) is 0 Å². The highest BCUT2D eigenvalue weighted by Gasteiger charge is 2.14. The van der Waals surface area contributed by atoms with Crippen LogP contribution in [0.1, 0.15) is 12.5 Å². The van der Waals surface area contributed by atoms with Crippen molar-refractivity contribution in [1.29, 1.82) is 0 Å². The number of likely N-dealkylation sites (N-methyl/N-ethyl adjacent to an activating group) is 1. The molecule has 27 heavy (non-hydrogen) atoms. The fourth-order valence-electron chi connectivity index (χ4n) is 2.62. The summed E-state index contributed by atoms with van der Waals surface area (Å²) >= 11 is 12.0. The first kappa shape index (κ1) is 21.0. The molecular formula is C19H22Cl2N3O3+. The second-order valence-electron chi connectivity index (χ2n) is 6.20. The van der Waals surface area contributed by atoms with Crippen LogP contribution in [-0.2, 0) is 16.1 Å². The topological polar surface area (TPSA) is 71.9 Å². The number of hydrogen-bond donors (Lipinski definition) is 3. The molecule has 1 unspecified atom stereocenters. The quantitative estimate of drug-likeness (QED) is 0.656. The standard InChI is InChI=1S/C19H21Cl2N3O3/c1-12(25)22-14-5-7-18(27-3)17(9-14)23-19(26)11-24(2)10-13-4-6-15(20)16(21)8-13/h4-9H,10-11H2,1-3H3,(H,22,25)(H,23,26)/p+1. The number of benzene rings is 2. The molecule has 2 rings (SSSR count). The van der Waals surface area contributed by atoms with Crippen LogP contribution in [0.15, 0.2) is 36.4 Å². The van der Waals surface area contributed by atoms with Gasteiger partial charge in [0.25, 0.3) is 5.91 Å². The third-order valence-corrected chi connectivity index (χ3v) is 4.49. The molecule has 0 saturated heterocycles. The zero-order valence-corrected chi connectivity index (χ0v) is 16.9. The van der Waals surface area contributed by atoms with Crippen LogP contribution in [0.5, 0.6) is 5.75 Å². The van der Waals surface area contributed by atoms with Crippen molar-refractivity contribution in [3.63, 3.8) is 0 Å². The van der Waals surface area contributed by atoms with Crippen molar-refractivity contribution in [2.45, 2.75) is 13.5 Å². The number of hydrogen-bond acceptors (Lipinski definition) is 3. The predicted molar refractivity (Wildman–Crippen MR) is 108 cm³/mol. The second-order valence-corrected chi connectivity index (χ2v) is 7.02. The molecule has 0 saturated carbocycles. The maximum atomic E-state index is 12.4. The highest BCUT2D eigenvalue weighted by atomic mass is 35.5. The second kappa shape index (κ2) is 9.60. The van der Waals surface area contributed by atoms with Crippen LogP contribution in [0.4, 0.5) is 11.4 Å². The largest absolute Gasteiger partial charge is 0.495 e. The molecule has 0 radical (unpaired) electrons. The number of carbonyl (C=O) groups excluding carboxylic acids is 2. The van der Waals surface area contributed by atoms with E-state index in [1.165, 1.54) is 14.0 Å². The van der Waals surface area contributed by atoms with E-state index in [-0.39, 0.29) is 18.4 Å². The summed E-state index contributed by atoms with van der Waals surface area (Å²) in [5.41, 5.74) is 2.06. The normalized spacial score (nSPS) is 11.6. The Balaban J connectivity index is 2.01. The van der Waals surface area contributed by atoms with Gasteiger partial charge in [-0.1, -0.05) is 29.3 Å². The smallest absolute Gasteiger partial charge is 0.279 e. The number of rotatable bonds is 7. The van der Waals surface area contributed by atoms with Gasteiger partial charge in [0.05, 0.1) is 29.9 Å².